The van der Waals surface area contributed by atoms with Gasteiger partial charge in [0.1, 0.15) is 18.2 Å². The van der Waals surface area contributed by atoms with Crippen molar-refractivity contribution in [3.63, 3.8) is 0 Å². The number of nitrogens with zero attached hydrogens (tertiary/aromatic N) is 3. The molecule has 0 unspecified atom stereocenters. The van der Waals surface area contributed by atoms with Gasteiger partial charge in [0.15, 0.2) is 11.5 Å². The maximum absolute atomic E-state index is 12.1. The van der Waals surface area contributed by atoms with Gasteiger partial charge in [-0.3, -0.25) is 0 Å². The van der Waals surface area contributed by atoms with Gasteiger partial charge in [0, 0.05) is 49.3 Å². The predicted molar refractivity (Wildman–Crippen MR) is 136 cm³/mol. The quantitative estimate of drug-likeness (QED) is 0.346. The number of aromatic amines is 1. The van der Waals surface area contributed by atoms with E-state index in [9.17, 15) is 4.79 Å². The van der Waals surface area contributed by atoms with E-state index in [-0.39, 0.29) is 12.2 Å². The highest BCUT2D eigenvalue weighted by atomic mass is 16.6. The molecule has 186 valence electrons. The van der Waals surface area contributed by atoms with Crippen LogP contribution in [-0.2, 0) is 4.74 Å². The predicted octanol–water partition coefficient (Wildman–Crippen LogP) is 5.73. The lowest BCUT2D eigenvalue weighted by Crippen LogP contribution is -2.41. The molecule has 1 aliphatic rings. The number of carbonyl (C=O) groups excluding carboxylic acids is 1. The SMILES string of the molecule is C=C(C)OC(=O)N1CCC(Oc2cc3ncnc(Oc4ccc5cc(C)[nH]c5c4)c3cc2OC)CC1. The molecule has 1 fully saturated rings. The van der Waals surface area contributed by atoms with Crippen molar-refractivity contribution in [1.29, 1.82) is 0 Å². The Morgan fingerprint density at radius 3 is 2.67 bits per heavy atom. The number of aryl methyl sites for hydroxylation is 1. The average molecular weight is 489 g/mol. The van der Waals surface area contributed by atoms with Crippen LogP contribution in [0.1, 0.15) is 25.5 Å². The van der Waals surface area contributed by atoms with Gasteiger partial charge in [-0.05, 0) is 43.5 Å². The lowest BCUT2D eigenvalue weighted by atomic mass is 10.1. The van der Waals surface area contributed by atoms with E-state index in [1.54, 1.807) is 18.9 Å². The summed E-state index contributed by atoms with van der Waals surface area (Å²) < 4.78 is 23.1. The molecule has 0 saturated carbocycles. The summed E-state index contributed by atoms with van der Waals surface area (Å²) in [5.41, 5.74) is 2.76. The summed E-state index contributed by atoms with van der Waals surface area (Å²) in [5, 5.41) is 1.83. The van der Waals surface area contributed by atoms with Crippen LogP contribution >= 0.6 is 0 Å². The fourth-order valence-electron chi connectivity index (χ4n) is 4.35. The molecule has 0 spiro atoms. The zero-order valence-corrected chi connectivity index (χ0v) is 20.5. The number of fused-ring (bicyclic) bond motifs is 2. The highest BCUT2D eigenvalue weighted by Gasteiger charge is 2.26. The molecule has 0 aliphatic carbocycles. The van der Waals surface area contributed by atoms with Gasteiger partial charge >= 0.3 is 6.09 Å². The van der Waals surface area contributed by atoms with Crippen LogP contribution in [-0.4, -0.2) is 52.2 Å². The number of aromatic nitrogens is 3. The highest BCUT2D eigenvalue weighted by molar-refractivity contribution is 5.87. The number of amides is 1. The second kappa shape index (κ2) is 9.77. The molecule has 3 heterocycles. The van der Waals surface area contributed by atoms with Gasteiger partial charge < -0.3 is 28.8 Å². The Balaban J connectivity index is 1.34. The van der Waals surface area contributed by atoms with E-state index < -0.39 is 0 Å². The molecule has 9 nitrogen and oxygen atoms in total. The number of hydrogen-bond acceptors (Lipinski definition) is 7. The maximum Gasteiger partial charge on any atom is 0.414 e. The lowest BCUT2D eigenvalue weighted by Gasteiger charge is -2.31. The summed E-state index contributed by atoms with van der Waals surface area (Å²) >= 11 is 0. The third-order valence-electron chi connectivity index (χ3n) is 6.08. The van der Waals surface area contributed by atoms with Crippen molar-refractivity contribution in [2.24, 2.45) is 0 Å². The minimum absolute atomic E-state index is 0.0706. The van der Waals surface area contributed by atoms with Crippen molar-refractivity contribution in [1.82, 2.24) is 19.9 Å². The summed E-state index contributed by atoms with van der Waals surface area (Å²) in [4.78, 5) is 25.9. The molecule has 0 radical (unpaired) electrons. The summed E-state index contributed by atoms with van der Waals surface area (Å²) in [7, 11) is 1.59. The fraction of sp³-hybridized carbons (Fsp3) is 0.296. The Kier molecular flexibility index (Phi) is 6.37. The number of allylic oxidation sites excluding steroid dienone is 1. The number of likely N-dealkylation sites (tertiary alicyclic amines) is 1. The first-order valence-electron chi connectivity index (χ1n) is 11.8. The molecule has 1 saturated heterocycles. The molecule has 1 amide bonds. The number of ether oxygens (including phenoxy) is 4. The molecule has 36 heavy (non-hydrogen) atoms. The Bertz CT molecular complexity index is 1440. The fourth-order valence-corrected chi connectivity index (χ4v) is 4.35. The number of carbonyl (C=O) groups is 1. The molecule has 2 aromatic heterocycles. The summed E-state index contributed by atoms with van der Waals surface area (Å²) in [5.74, 6) is 2.62. The molecule has 4 aromatic rings. The van der Waals surface area contributed by atoms with Crippen molar-refractivity contribution in [2.45, 2.75) is 32.8 Å². The number of methoxy groups -OCH3 is 1. The summed E-state index contributed by atoms with van der Waals surface area (Å²) in [6, 6.07) is 11.6. The number of nitrogens with one attached hydrogen (secondary N) is 1. The first-order valence-corrected chi connectivity index (χ1v) is 11.8. The smallest absolute Gasteiger partial charge is 0.414 e. The topological polar surface area (TPSA) is 98.8 Å². The number of benzene rings is 2. The molecular formula is C27H28N4O5. The van der Waals surface area contributed by atoms with Gasteiger partial charge in [-0.1, -0.05) is 6.58 Å². The molecular weight excluding hydrogens is 460 g/mol. The van der Waals surface area contributed by atoms with Crippen LogP contribution in [0.4, 0.5) is 4.79 Å². The van der Waals surface area contributed by atoms with E-state index in [1.807, 2.05) is 37.3 Å². The zero-order chi connectivity index (χ0) is 25.2. The van der Waals surface area contributed by atoms with Crippen molar-refractivity contribution >= 4 is 27.9 Å². The van der Waals surface area contributed by atoms with E-state index in [0.29, 0.717) is 65.7 Å². The van der Waals surface area contributed by atoms with Crippen molar-refractivity contribution in [3.8, 4) is 23.1 Å². The second-order valence-corrected chi connectivity index (χ2v) is 8.88. The van der Waals surface area contributed by atoms with Crippen LogP contribution < -0.4 is 14.2 Å². The van der Waals surface area contributed by atoms with Crippen molar-refractivity contribution < 1.29 is 23.7 Å². The van der Waals surface area contributed by atoms with Crippen LogP contribution in [0.2, 0.25) is 0 Å². The van der Waals surface area contributed by atoms with E-state index in [4.69, 9.17) is 18.9 Å². The third-order valence-corrected chi connectivity index (χ3v) is 6.08. The van der Waals surface area contributed by atoms with Crippen molar-refractivity contribution in [2.75, 3.05) is 20.2 Å². The van der Waals surface area contributed by atoms with E-state index in [2.05, 4.69) is 27.6 Å². The minimum atomic E-state index is -0.376. The Morgan fingerprint density at radius 2 is 1.92 bits per heavy atom. The largest absolute Gasteiger partial charge is 0.493 e. The van der Waals surface area contributed by atoms with Crippen LogP contribution in [0, 0.1) is 6.92 Å². The highest BCUT2D eigenvalue weighted by Crippen LogP contribution is 2.37. The van der Waals surface area contributed by atoms with Gasteiger partial charge in [0.25, 0.3) is 0 Å². The average Bonchev–Trinajstić information content (AvgIpc) is 3.23. The van der Waals surface area contributed by atoms with Crippen LogP contribution in [0.25, 0.3) is 21.8 Å². The standard InChI is InChI=1S/C27H28N4O5/c1-16(2)34-27(32)31-9-7-19(8-10-31)35-25-14-23-21(13-24(25)33-4)26(29-15-28-23)36-20-6-5-18-11-17(3)30-22(18)12-20/h5-6,11-15,19,30H,1,7-10H2,2-4H3. The van der Waals surface area contributed by atoms with E-state index in [1.165, 1.54) is 6.33 Å². The van der Waals surface area contributed by atoms with Crippen LogP contribution in [0.3, 0.4) is 0 Å². The van der Waals surface area contributed by atoms with E-state index >= 15 is 0 Å². The summed E-state index contributed by atoms with van der Waals surface area (Å²) in [6.45, 7) is 8.37. The van der Waals surface area contributed by atoms with Gasteiger partial charge in [-0.15, -0.1) is 0 Å². The molecule has 1 N–H and O–H groups in total. The van der Waals surface area contributed by atoms with Gasteiger partial charge in [0.2, 0.25) is 5.88 Å². The van der Waals surface area contributed by atoms with Gasteiger partial charge in [-0.25, -0.2) is 14.8 Å². The van der Waals surface area contributed by atoms with Crippen molar-refractivity contribution in [3.05, 3.63) is 60.8 Å². The Hall–Kier alpha value is -4.27. The monoisotopic (exact) mass is 488 g/mol. The van der Waals surface area contributed by atoms with Crippen LogP contribution in [0.5, 0.6) is 23.1 Å². The molecule has 2 aromatic carbocycles. The second-order valence-electron chi connectivity index (χ2n) is 8.88. The maximum atomic E-state index is 12.1. The third kappa shape index (κ3) is 4.91. The number of rotatable bonds is 6. The first kappa shape index (κ1) is 23.5. The molecule has 0 atom stereocenters. The zero-order valence-electron chi connectivity index (χ0n) is 20.5. The number of H-pyrrole nitrogens is 1. The van der Waals surface area contributed by atoms with Gasteiger partial charge in [-0.2, -0.15) is 0 Å². The van der Waals surface area contributed by atoms with Gasteiger partial charge in [0.05, 0.1) is 23.8 Å². The summed E-state index contributed by atoms with van der Waals surface area (Å²) in [6.07, 6.45) is 2.37. The molecule has 5 rings (SSSR count). The normalized spacial score (nSPS) is 14.1. The molecule has 9 heteroatoms. The number of hydrogen-bond donors (Lipinski definition) is 1. The van der Waals surface area contributed by atoms with E-state index in [0.717, 1.165) is 16.6 Å². The lowest BCUT2D eigenvalue weighted by molar-refractivity contribution is 0.0807. The Morgan fingerprint density at radius 1 is 1.11 bits per heavy atom. The molecule has 0 bridgehead atoms. The Labute approximate surface area is 208 Å². The minimum Gasteiger partial charge on any atom is -0.493 e. The van der Waals surface area contributed by atoms with Crippen LogP contribution in [0.15, 0.2) is 55.1 Å². The first-order chi connectivity index (χ1) is 17.4. The number of piperidine rings is 1. The molecule has 1 aliphatic heterocycles.